The van der Waals surface area contributed by atoms with E-state index in [1.165, 1.54) is 10.9 Å². The van der Waals surface area contributed by atoms with E-state index >= 15 is 0 Å². The number of hydrogen-bond donors (Lipinski definition) is 1. The molecule has 0 aliphatic rings. The zero-order chi connectivity index (χ0) is 25.1. The van der Waals surface area contributed by atoms with Gasteiger partial charge in [-0.3, -0.25) is 4.79 Å². The predicted octanol–water partition coefficient (Wildman–Crippen LogP) is 8.76. The first kappa shape index (κ1) is 24.4. The lowest BCUT2D eigenvalue weighted by atomic mass is 9.94. The van der Waals surface area contributed by atoms with Crippen LogP contribution in [0.2, 0.25) is 10.0 Å². The number of aromatic nitrogens is 2. The molecule has 5 heteroatoms. The van der Waals surface area contributed by atoms with Gasteiger partial charge < -0.3 is 9.55 Å². The summed E-state index contributed by atoms with van der Waals surface area (Å²) in [5, 5.41) is 2.08. The number of rotatable bonds is 9. The van der Waals surface area contributed by atoms with Crippen molar-refractivity contribution < 1.29 is 4.79 Å². The van der Waals surface area contributed by atoms with Crippen molar-refractivity contribution in [3.05, 3.63) is 118 Å². The molecule has 1 N–H and O–H groups in total. The SMILES string of the molecule is CCCCc1c(C(=O)c2ccc(Cl)c(Cl)c2)c(-c2ccccc2)cn1CCc1c[nH]c2ccccc12. The van der Waals surface area contributed by atoms with Crippen LogP contribution in [-0.4, -0.2) is 15.3 Å². The van der Waals surface area contributed by atoms with Crippen molar-refractivity contribution in [3.8, 4) is 11.1 Å². The molecule has 0 spiro atoms. The molecule has 0 aliphatic carbocycles. The molecule has 5 rings (SSSR count). The van der Waals surface area contributed by atoms with Gasteiger partial charge in [-0.1, -0.05) is 85.1 Å². The second-order valence-electron chi connectivity index (χ2n) is 9.09. The highest BCUT2D eigenvalue weighted by atomic mass is 35.5. The second kappa shape index (κ2) is 10.8. The molecular formula is C31H28Cl2N2O. The van der Waals surface area contributed by atoms with Crippen LogP contribution in [0.3, 0.4) is 0 Å². The first-order valence-corrected chi connectivity index (χ1v) is 13.1. The fourth-order valence-electron chi connectivity index (χ4n) is 4.86. The van der Waals surface area contributed by atoms with Crippen LogP contribution in [0.25, 0.3) is 22.0 Å². The van der Waals surface area contributed by atoms with Crippen LogP contribution in [0.15, 0.2) is 85.2 Å². The van der Waals surface area contributed by atoms with Crippen LogP contribution in [0, 0.1) is 0 Å². The number of carbonyl (C=O) groups excluding carboxylic acids is 1. The molecule has 3 nitrogen and oxygen atoms in total. The van der Waals surface area contributed by atoms with Crippen LogP contribution >= 0.6 is 23.2 Å². The van der Waals surface area contributed by atoms with Crippen molar-refractivity contribution in [2.24, 2.45) is 0 Å². The number of halogens is 2. The Hall–Kier alpha value is -3.27. The summed E-state index contributed by atoms with van der Waals surface area (Å²) in [7, 11) is 0. The molecule has 0 saturated carbocycles. The van der Waals surface area contributed by atoms with E-state index in [0.717, 1.165) is 60.1 Å². The van der Waals surface area contributed by atoms with E-state index < -0.39 is 0 Å². The number of hydrogen-bond acceptors (Lipinski definition) is 1. The number of fused-ring (bicyclic) bond motifs is 1. The maximum atomic E-state index is 14.0. The smallest absolute Gasteiger partial charge is 0.195 e. The summed E-state index contributed by atoms with van der Waals surface area (Å²) in [6, 6.07) is 23.7. The Bertz CT molecular complexity index is 1510. The van der Waals surface area contributed by atoms with Crippen molar-refractivity contribution in [2.45, 2.75) is 39.2 Å². The summed E-state index contributed by atoms with van der Waals surface area (Å²) in [6.45, 7) is 2.97. The summed E-state index contributed by atoms with van der Waals surface area (Å²) in [6.07, 6.45) is 8.01. The van der Waals surface area contributed by atoms with Gasteiger partial charge in [0.25, 0.3) is 0 Å². The van der Waals surface area contributed by atoms with Crippen molar-refractivity contribution >= 4 is 39.9 Å². The highest BCUT2D eigenvalue weighted by molar-refractivity contribution is 6.42. The summed E-state index contributed by atoms with van der Waals surface area (Å²) in [4.78, 5) is 17.4. The molecule has 36 heavy (non-hydrogen) atoms. The van der Waals surface area contributed by atoms with Gasteiger partial charge >= 0.3 is 0 Å². The van der Waals surface area contributed by atoms with E-state index in [1.807, 2.05) is 24.3 Å². The summed E-state index contributed by atoms with van der Waals surface area (Å²) < 4.78 is 2.28. The number of benzene rings is 3. The van der Waals surface area contributed by atoms with Crippen molar-refractivity contribution in [1.29, 1.82) is 0 Å². The van der Waals surface area contributed by atoms with Crippen molar-refractivity contribution in [2.75, 3.05) is 0 Å². The Kier molecular flexibility index (Phi) is 7.31. The number of unbranched alkanes of at least 4 members (excludes halogenated alkanes) is 1. The van der Waals surface area contributed by atoms with Crippen molar-refractivity contribution in [1.82, 2.24) is 9.55 Å². The van der Waals surface area contributed by atoms with Gasteiger partial charge in [0.05, 0.1) is 15.6 Å². The average Bonchev–Trinajstić information content (AvgIpc) is 3.49. The molecule has 5 aromatic rings. The van der Waals surface area contributed by atoms with Crippen LogP contribution in [0.5, 0.6) is 0 Å². The highest BCUT2D eigenvalue weighted by Crippen LogP contribution is 2.33. The van der Waals surface area contributed by atoms with Gasteiger partial charge in [0.15, 0.2) is 5.78 Å². The van der Waals surface area contributed by atoms with Gasteiger partial charge in [0.2, 0.25) is 0 Å². The Morgan fingerprint density at radius 2 is 1.69 bits per heavy atom. The quantitative estimate of drug-likeness (QED) is 0.196. The monoisotopic (exact) mass is 514 g/mol. The van der Waals surface area contributed by atoms with E-state index in [0.29, 0.717) is 15.6 Å². The van der Waals surface area contributed by atoms with Gasteiger partial charge in [-0.15, -0.1) is 0 Å². The Balaban J connectivity index is 1.60. The number of H-pyrrole nitrogens is 1. The van der Waals surface area contributed by atoms with Gasteiger partial charge in [-0.2, -0.15) is 0 Å². The maximum absolute atomic E-state index is 14.0. The normalized spacial score (nSPS) is 11.3. The number of carbonyl (C=O) groups is 1. The molecule has 0 atom stereocenters. The maximum Gasteiger partial charge on any atom is 0.195 e. The van der Waals surface area contributed by atoms with E-state index in [2.05, 4.69) is 59.2 Å². The largest absolute Gasteiger partial charge is 0.361 e. The van der Waals surface area contributed by atoms with Crippen LogP contribution in [0.1, 0.15) is 46.9 Å². The van der Waals surface area contributed by atoms with Gasteiger partial charge in [0.1, 0.15) is 0 Å². The Morgan fingerprint density at radius 3 is 2.47 bits per heavy atom. The number of nitrogens with one attached hydrogen (secondary N) is 1. The summed E-state index contributed by atoms with van der Waals surface area (Å²) in [5.74, 6) is -0.0237. The minimum Gasteiger partial charge on any atom is -0.361 e. The minimum absolute atomic E-state index is 0.0237. The second-order valence-corrected chi connectivity index (χ2v) is 9.91. The number of nitrogens with zero attached hydrogens (tertiary/aromatic N) is 1. The van der Waals surface area contributed by atoms with E-state index in [-0.39, 0.29) is 5.78 Å². The fourth-order valence-corrected chi connectivity index (χ4v) is 5.16. The van der Waals surface area contributed by atoms with Crippen LogP contribution in [-0.2, 0) is 19.4 Å². The summed E-state index contributed by atoms with van der Waals surface area (Å²) >= 11 is 12.4. The third kappa shape index (κ3) is 4.86. The molecule has 0 aliphatic heterocycles. The first-order chi connectivity index (χ1) is 17.6. The predicted molar refractivity (Wildman–Crippen MR) is 150 cm³/mol. The van der Waals surface area contributed by atoms with E-state index in [1.54, 1.807) is 18.2 Å². The van der Waals surface area contributed by atoms with Crippen LogP contribution in [0.4, 0.5) is 0 Å². The molecule has 0 unspecified atom stereocenters. The number of para-hydroxylation sites is 1. The molecule has 0 bridgehead atoms. The molecule has 2 heterocycles. The molecule has 2 aromatic heterocycles. The van der Waals surface area contributed by atoms with Crippen molar-refractivity contribution in [3.63, 3.8) is 0 Å². The molecule has 0 saturated heterocycles. The third-order valence-electron chi connectivity index (χ3n) is 6.75. The van der Waals surface area contributed by atoms with E-state index in [4.69, 9.17) is 23.2 Å². The number of aromatic amines is 1. The standard InChI is InChI=1S/C31H28Cl2N2O/c1-2-3-13-29-30(31(36)22-14-15-26(32)27(33)18-22)25(21-9-5-4-6-10-21)20-35(29)17-16-23-19-34-28-12-8-7-11-24(23)28/h4-12,14-15,18-20,34H,2-3,13,16-17H2,1H3. The van der Waals surface area contributed by atoms with E-state index in [9.17, 15) is 4.79 Å². The molecular weight excluding hydrogens is 487 g/mol. The highest BCUT2D eigenvalue weighted by Gasteiger charge is 2.24. The molecule has 0 fully saturated rings. The van der Waals surface area contributed by atoms with Gasteiger partial charge in [-0.25, -0.2) is 0 Å². The first-order valence-electron chi connectivity index (χ1n) is 12.4. The van der Waals surface area contributed by atoms with Crippen LogP contribution < -0.4 is 0 Å². The summed E-state index contributed by atoms with van der Waals surface area (Å²) in [5.41, 5.74) is 6.79. The zero-order valence-corrected chi connectivity index (χ0v) is 21.7. The molecule has 0 amide bonds. The lowest BCUT2D eigenvalue weighted by Gasteiger charge is -2.12. The lowest BCUT2D eigenvalue weighted by molar-refractivity contribution is 0.103. The topological polar surface area (TPSA) is 37.8 Å². The third-order valence-corrected chi connectivity index (χ3v) is 7.49. The average molecular weight is 515 g/mol. The zero-order valence-electron chi connectivity index (χ0n) is 20.2. The number of aryl methyl sites for hydroxylation is 2. The fraction of sp³-hybridized carbons (Fsp3) is 0.194. The van der Waals surface area contributed by atoms with Gasteiger partial charge in [-0.05, 0) is 54.7 Å². The Labute approximate surface area is 221 Å². The van der Waals surface area contributed by atoms with Gasteiger partial charge in [0, 0.05) is 46.7 Å². The lowest BCUT2D eigenvalue weighted by Crippen LogP contribution is -2.10. The number of ketones is 1. The molecule has 0 radical (unpaired) electrons. The minimum atomic E-state index is -0.0237. The molecule has 182 valence electrons. The molecule has 3 aromatic carbocycles. The Morgan fingerprint density at radius 1 is 0.917 bits per heavy atom.